The standard InChI is InChI=1S/C14H24N2OS/c1-9(2)13-14(17)15-12(18-13)8-16-10(3)6-5-7-11(16)4/h9-11,13H,5-8H2,1-4H3. The van der Waals surface area contributed by atoms with E-state index in [1.165, 1.54) is 19.3 Å². The number of rotatable bonds is 3. The molecule has 0 saturated carbocycles. The van der Waals surface area contributed by atoms with Gasteiger partial charge >= 0.3 is 0 Å². The lowest BCUT2D eigenvalue weighted by atomic mass is 9.98. The third-order valence-electron chi connectivity index (χ3n) is 4.04. The molecule has 0 aliphatic carbocycles. The molecule has 2 aliphatic heterocycles. The topological polar surface area (TPSA) is 32.7 Å². The Balaban J connectivity index is 1.98. The zero-order valence-corrected chi connectivity index (χ0v) is 12.7. The molecular formula is C14H24N2OS. The van der Waals surface area contributed by atoms with E-state index in [0.717, 1.165) is 11.6 Å². The van der Waals surface area contributed by atoms with Gasteiger partial charge in [-0.15, -0.1) is 0 Å². The van der Waals surface area contributed by atoms with Crippen LogP contribution in [0.5, 0.6) is 0 Å². The van der Waals surface area contributed by atoms with Crippen molar-refractivity contribution in [2.24, 2.45) is 10.9 Å². The van der Waals surface area contributed by atoms with Crippen molar-refractivity contribution in [2.75, 3.05) is 6.54 Å². The Hall–Kier alpha value is -0.350. The largest absolute Gasteiger partial charge is 0.292 e. The summed E-state index contributed by atoms with van der Waals surface area (Å²) in [5, 5.41) is 1.08. The monoisotopic (exact) mass is 268 g/mol. The molecule has 3 unspecified atom stereocenters. The number of likely N-dealkylation sites (tertiary alicyclic amines) is 1. The number of carbonyl (C=O) groups is 1. The molecule has 0 spiro atoms. The van der Waals surface area contributed by atoms with Crippen LogP contribution in [0.1, 0.15) is 47.0 Å². The van der Waals surface area contributed by atoms with Crippen LogP contribution >= 0.6 is 11.8 Å². The highest BCUT2D eigenvalue weighted by Gasteiger charge is 2.33. The van der Waals surface area contributed by atoms with Crippen molar-refractivity contribution in [3.63, 3.8) is 0 Å². The van der Waals surface area contributed by atoms with Gasteiger partial charge in [0, 0.05) is 18.6 Å². The minimum Gasteiger partial charge on any atom is -0.292 e. The Morgan fingerprint density at radius 1 is 1.33 bits per heavy atom. The van der Waals surface area contributed by atoms with Crippen LogP contribution in [0.15, 0.2) is 4.99 Å². The fourth-order valence-electron chi connectivity index (χ4n) is 2.85. The van der Waals surface area contributed by atoms with Gasteiger partial charge in [-0.25, -0.2) is 4.99 Å². The lowest BCUT2D eigenvalue weighted by Gasteiger charge is -2.38. The van der Waals surface area contributed by atoms with Crippen LogP contribution in [0, 0.1) is 5.92 Å². The van der Waals surface area contributed by atoms with E-state index in [9.17, 15) is 4.79 Å². The first-order valence-corrected chi connectivity index (χ1v) is 7.90. The minimum absolute atomic E-state index is 0.0513. The summed E-state index contributed by atoms with van der Waals surface area (Å²) in [6, 6.07) is 1.23. The van der Waals surface area contributed by atoms with Crippen LogP contribution in [0.4, 0.5) is 0 Å². The Labute approximate surface area is 114 Å². The summed E-state index contributed by atoms with van der Waals surface area (Å²) >= 11 is 1.68. The number of amides is 1. The number of thioether (sulfide) groups is 1. The van der Waals surface area contributed by atoms with Crippen LogP contribution in [-0.2, 0) is 4.79 Å². The lowest BCUT2D eigenvalue weighted by Crippen LogP contribution is -2.45. The van der Waals surface area contributed by atoms with E-state index in [4.69, 9.17) is 0 Å². The maximum Gasteiger partial charge on any atom is 0.260 e. The van der Waals surface area contributed by atoms with Crippen LogP contribution in [0.2, 0.25) is 0 Å². The van der Waals surface area contributed by atoms with Crippen LogP contribution < -0.4 is 0 Å². The normalized spacial score (nSPS) is 34.2. The van der Waals surface area contributed by atoms with Crippen LogP contribution in [0.3, 0.4) is 0 Å². The SMILES string of the molecule is CC(C)C1SC(CN2C(C)CCCC2C)=NC1=O. The van der Waals surface area contributed by atoms with Gasteiger partial charge in [-0.05, 0) is 32.6 Å². The predicted octanol–water partition coefficient (Wildman–Crippen LogP) is 2.95. The number of nitrogens with zero attached hydrogens (tertiary/aromatic N) is 2. The molecule has 2 rings (SSSR count). The van der Waals surface area contributed by atoms with Gasteiger partial charge in [-0.2, -0.15) is 0 Å². The van der Waals surface area contributed by atoms with E-state index in [2.05, 4.69) is 37.6 Å². The smallest absolute Gasteiger partial charge is 0.260 e. The highest BCUT2D eigenvalue weighted by molar-refractivity contribution is 8.15. The quantitative estimate of drug-likeness (QED) is 0.789. The first-order valence-electron chi connectivity index (χ1n) is 7.03. The molecule has 0 radical (unpaired) electrons. The van der Waals surface area contributed by atoms with Crippen molar-refractivity contribution in [2.45, 2.75) is 64.3 Å². The van der Waals surface area contributed by atoms with Crippen LogP contribution in [0.25, 0.3) is 0 Å². The molecule has 3 atom stereocenters. The average Bonchev–Trinajstić information content (AvgIpc) is 2.65. The molecule has 0 aromatic carbocycles. The van der Waals surface area contributed by atoms with Gasteiger partial charge in [0.25, 0.3) is 5.91 Å². The zero-order chi connectivity index (χ0) is 13.3. The van der Waals surface area contributed by atoms with E-state index >= 15 is 0 Å². The second-order valence-corrected chi connectivity index (χ2v) is 7.14. The van der Waals surface area contributed by atoms with Crippen molar-refractivity contribution in [3.8, 4) is 0 Å². The lowest BCUT2D eigenvalue weighted by molar-refractivity contribution is -0.117. The molecule has 0 aromatic heterocycles. The molecule has 0 N–H and O–H groups in total. The summed E-state index contributed by atoms with van der Waals surface area (Å²) < 4.78 is 0. The highest BCUT2D eigenvalue weighted by Crippen LogP contribution is 2.30. The first kappa shape index (κ1) is 14.1. The Morgan fingerprint density at radius 3 is 2.44 bits per heavy atom. The van der Waals surface area contributed by atoms with Gasteiger partial charge < -0.3 is 0 Å². The van der Waals surface area contributed by atoms with Gasteiger partial charge in [0.2, 0.25) is 0 Å². The minimum atomic E-state index is 0.0513. The first-order chi connectivity index (χ1) is 8.49. The van der Waals surface area contributed by atoms with Crippen LogP contribution in [-0.4, -0.2) is 39.7 Å². The molecule has 3 nitrogen and oxygen atoms in total. The third-order valence-corrected chi connectivity index (χ3v) is 5.53. The Kier molecular flexibility index (Phi) is 4.49. The molecule has 18 heavy (non-hydrogen) atoms. The van der Waals surface area contributed by atoms with Crippen molar-refractivity contribution < 1.29 is 4.79 Å². The average molecular weight is 268 g/mol. The van der Waals surface area contributed by atoms with E-state index in [1.807, 2.05) is 0 Å². The second kappa shape index (κ2) is 5.74. The van der Waals surface area contributed by atoms with E-state index in [0.29, 0.717) is 18.0 Å². The molecule has 1 fully saturated rings. The third kappa shape index (κ3) is 2.97. The van der Waals surface area contributed by atoms with Gasteiger partial charge in [0.05, 0.1) is 10.3 Å². The number of aliphatic imine (C=N–C) groups is 1. The number of carbonyl (C=O) groups excluding carboxylic acids is 1. The van der Waals surface area contributed by atoms with Crippen molar-refractivity contribution in [1.82, 2.24) is 4.90 Å². The summed E-state index contributed by atoms with van der Waals surface area (Å²) in [6.45, 7) is 9.64. The summed E-state index contributed by atoms with van der Waals surface area (Å²) in [4.78, 5) is 18.6. The Bertz CT molecular complexity index is 344. The molecule has 1 saturated heterocycles. The van der Waals surface area contributed by atoms with E-state index in [1.54, 1.807) is 11.8 Å². The fourth-order valence-corrected chi connectivity index (χ4v) is 3.93. The maximum absolute atomic E-state index is 11.8. The van der Waals surface area contributed by atoms with Gasteiger partial charge in [-0.1, -0.05) is 32.0 Å². The molecule has 4 heteroatoms. The van der Waals surface area contributed by atoms with Crippen molar-refractivity contribution in [3.05, 3.63) is 0 Å². The summed E-state index contributed by atoms with van der Waals surface area (Å²) in [7, 11) is 0. The molecule has 102 valence electrons. The molecule has 2 heterocycles. The summed E-state index contributed by atoms with van der Waals surface area (Å²) in [5.74, 6) is 0.447. The van der Waals surface area contributed by atoms with E-state index < -0.39 is 0 Å². The maximum atomic E-state index is 11.8. The van der Waals surface area contributed by atoms with Gasteiger partial charge in [0.15, 0.2) is 0 Å². The number of hydrogen-bond acceptors (Lipinski definition) is 3. The van der Waals surface area contributed by atoms with Crippen molar-refractivity contribution in [1.29, 1.82) is 0 Å². The number of piperidine rings is 1. The van der Waals surface area contributed by atoms with Gasteiger partial charge in [0.1, 0.15) is 0 Å². The predicted molar refractivity (Wildman–Crippen MR) is 78.1 cm³/mol. The molecule has 2 aliphatic rings. The van der Waals surface area contributed by atoms with Crippen molar-refractivity contribution >= 4 is 22.7 Å². The molecule has 1 amide bonds. The summed E-state index contributed by atoms with van der Waals surface area (Å²) in [5.41, 5.74) is 0. The Morgan fingerprint density at radius 2 is 1.94 bits per heavy atom. The van der Waals surface area contributed by atoms with Gasteiger partial charge in [-0.3, -0.25) is 9.69 Å². The zero-order valence-electron chi connectivity index (χ0n) is 11.8. The molecule has 0 aromatic rings. The highest BCUT2D eigenvalue weighted by atomic mass is 32.2. The summed E-state index contributed by atoms with van der Waals surface area (Å²) in [6.07, 6.45) is 3.86. The number of hydrogen-bond donors (Lipinski definition) is 0. The fraction of sp³-hybridized carbons (Fsp3) is 0.857. The van der Waals surface area contributed by atoms with E-state index in [-0.39, 0.29) is 11.2 Å². The second-order valence-electron chi connectivity index (χ2n) is 5.93. The molecule has 0 bridgehead atoms. The molecular weight excluding hydrogens is 244 g/mol.